The second-order valence-electron chi connectivity index (χ2n) is 6.57. The Labute approximate surface area is 147 Å². The number of aromatic nitrogens is 2. The number of rotatable bonds is 4. The second kappa shape index (κ2) is 7.19. The zero-order valence-corrected chi connectivity index (χ0v) is 15.0. The van der Waals surface area contributed by atoms with Crippen molar-refractivity contribution in [2.75, 3.05) is 26.2 Å². The van der Waals surface area contributed by atoms with Crippen molar-refractivity contribution >= 4 is 11.7 Å². The number of piperazine rings is 1. The minimum Gasteiger partial charge on any atom is -0.354 e. The average Bonchev–Trinajstić information content (AvgIpc) is 2.90. The number of Topliss-reactive ketones (excluding diaryl/α,β-unsaturated/α-hetero) is 1. The van der Waals surface area contributed by atoms with Crippen LogP contribution in [0.25, 0.3) is 0 Å². The molecule has 1 amide bonds. The van der Waals surface area contributed by atoms with Gasteiger partial charge in [-0.25, -0.2) is 0 Å². The fourth-order valence-electron chi connectivity index (χ4n) is 3.48. The highest BCUT2D eigenvalue weighted by molar-refractivity contribution is 6.02. The number of nitrogens with zero attached hydrogens (tertiary/aromatic N) is 3. The van der Waals surface area contributed by atoms with Crippen LogP contribution in [0.1, 0.15) is 44.7 Å². The van der Waals surface area contributed by atoms with Crippen LogP contribution >= 0.6 is 0 Å². The quantitative estimate of drug-likeness (QED) is 0.866. The van der Waals surface area contributed by atoms with Gasteiger partial charge in [0.25, 0.3) is 5.91 Å². The number of carbonyl (C=O) groups is 2. The number of amides is 1. The van der Waals surface area contributed by atoms with Crippen LogP contribution in [0.3, 0.4) is 0 Å². The molecule has 3 heterocycles. The van der Waals surface area contributed by atoms with Gasteiger partial charge in [-0.2, -0.15) is 0 Å². The van der Waals surface area contributed by atoms with Gasteiger partial charge in [0.1, 0.15) is 5.69 Å². The number of H-pyrrole nitrogens is 1. The topological polar surface area (TPSA) is 69.3 Å². The summed E-state index contributed by atoms with van der Waals surface area (Å²) in [5.74, 6) is -0.0314. The number of nitrogens with one attached hydrogen (secondary N) is 1. The maximum Gasteiger partial charge on any atom is 0.270 e. The molecule has 25 heavy (non-hydrogen) atoms. The molecule has 132 valence electrons. The maximum absolute atomic E-state index is 12.8. The van der Waals surface area contributed by atoms with Gasteiger partial charge in [0.05, 0.1) is 5.69 Å². The van der Waals surface area contributed by atoms with E-state index in [1.807, 2.05) is 36.9 Å². The smallest absolute Gasteiger partial charge is 0.270 e. The highest BCUT2D eigenvalue weighted by Crippen LogP contribution is 2.20. The van der Waals surface area contributed by atoms with Crippen LogP contribution in [0.2, 0.25) is 0 Å². The Hall–Kier alpha value is -2.47. The normalized spacial score (nSPS) is 15.4. The van der Waals surface area contributed by atoms with E-state index >= 15 is 0 Å². The third kappa shape index (κ3) is 3.64. The fourth-order valence-corrected chi connectivity index (χ4v) is 3.48. The third-order valence-electron chi connectivity index (χ3n) is 4.77. The van der Waals surface area contributed by atoms with E-state index in [2.05, 4.69) is 14.9 Å². The Morgan fingerprint density at radius 1 is 1.16 bits per heavy atom. The Kier molecular flexibility index (Phi) is 4.99. The van der Waals surface area contributed by atoms with Crippen LogP contribution in [0.5, 0.6) is 0 Å². The fraction of sp³-hybridized carbons (Fsp3) is 0.421. The summed E-state index contributed by atoms with van der Waals surface area (Å²) in [5.41, 5.74) is 3.75. The van der Waals surface area contributed by atoms with E-state index in [0.717, 1.165) is 36.6 Å². The largest absolute Gasteiger partial charge is 0.354 e. The molecular formula is C19H24N4O2. The Bertz CT molecular complexity index is 774. The van der Waals surface area contributed by atoms with Gasteiger partial charge < -0.3 is 9.88 Å². The molecule has 0 aliphatic carbocycles. The van der Waals surface area contributed by atoms with Gasteiger partial charge in [0.2, 0.25) is 0 Å². The molecular weight excluding hydrogens is 316 g/mol. The number of ketones is 1. The van der Waals surface area contributed by atoms with Crippen molar-refractivity contribution in [2.24, 2.45) is 0 Å². The zero-order chi connectivity index (χ0) is 18.0. The van der Waals surface area contributed by atoms with Crippen molar-refractivity contribution in [1.29, 1.82) is 0 Å². The molecule has 0 bridgehead atoms. The predicted octanol–water partition coefficient (Wildman–Crippen LogP) is 2.19. The number of aromatic amines is 1. The molecule has 1 aliphatic heterocycles. The van der Waals surface area contributed by atoms with E-state index in [4.69, 9.17) is 0 Å². The lowest BCUT2D eigenvalue weighted by atomic mass is 10.1. The van der Waals surface area contributed by atoms with E-state index in [1.165, 1.54) is 6.92 Å². The highest BCUT2D eigenvalue weighted by Gasteiger charge is 2.26. The number of pyridine rings is 1. The predicted molar refractivity (Wildman–Crippen MR) is 95.7 cm³/mol. The third-order valence-corrected chi connectivity index (χ3v) is 4.77. The lowest BCUT2D eigenvalue weighted by Gasteiger charge is -2.34. The van der Waals surface area contributed by atoms with Gasteiger partial charge in [-0.3, -0.25) is 19.5 Å². The van der Waals surface area contributed by atoms with Gasteiger partial charge in [-0.05, 0) is 38.5 Å². The number of hydrogen-bond donors (Lipinski definition) is 1. The Morgan fingerprint density at radius 2 is 1.88 bits per heavy atom. The van der Waals surface area contributed by atoms with Crippen molar-refractivity contribution < 1.29 is 9.59 Å². The monoisotopic (exact) mass is 340 g/mol. The van der Waals surface area contributed by atoms with Gasteiger partial charge in [-0.15, -0.1) is 0 Å². The molecule has 6 heteroatoms. The summed E-state index contributed by atoms with van der Waals surface area (Å²) in [6.45, 7) is 9.01. The second-order valence-corrected chi connectivity index (χ2v) is 6.57. The molecule has 0 spiro atoms. The van der Waals surface area contributed by atoms with Crippen LogP contribution in [0.4, 0.5) is 0 Å². The summed E-state index contributed by atoms with van der Waals surface area (Å²) in [5, 5.41) is 0. The molecule has 3 rings (SSSR count). The molecule has 6 nitrogen and oxygen atoms in total. The molecule has 0 saturated carbocycles. The lowest BCUT2D eigenvalue weighted by Crippen LogP contribution is -2.48. The van der Waals surface area contributed by atoms with Crippen molar-refractivity contribution in [3.8, 4) is 0 Å². The first-order chi connectivity index (χ1) is 12.0. The van der Waals surface area contributed by atoms with Crippen LogP contribution in [-0.2, 0) is 6.54 Å². The van der Waals surface area contributed by atoms with Crippen LogP contribution in [0.15, 0.2) is 24.4 Å². The highest BCUT2D eigenvalue weighted by atomic mass is 16.2. The van der Waals surface area contributed by atoms with Crippen molar-refractivity contribution in [3.63, 3.8) is 0 Å². The number of aryl methyl sites for hydroxylation is 1. The summed E-state index contributed by atoms with van der Waals surface area (Å²) < 4.78 is 0. The van der Waals surface area contributed by atoms with Crippen molar-refractivity contribution in [3.05, 3.63) is 52.6 Å². The van der Waals surface area contributed by atoms with E-state index in [1.54, 1.807) is 6.20 Å². The zero-order valence-electron chi connectivity index (χ0n) is 15.0. The van der Waals surface area contributed by atoms with Gasteiger partial charge in [-0.1, -0.05) is 6.07 Å². The summed E-state index contributed by atoms with van der Waals surface area (Å²) >= 11 is 0. The lowest BCUT2D eigenvalue weighted by molar-refractivity contribution is 0.0621. The molecule has 1 N–H and O–H groups in total. The summed E-state index contributed by atoms with van der Waals surface area (Å²) in [6.07, 6.45) is 1.80. The summed E-state index contributed by atoms with van der Waals surface area (Å²) in [6, 6.07) is 5.92. The first kappa shape index (κ1) is 17.4. The van der Waals surface area contributed by atoms with E-state index in [0.29, 0.717) is 24.3 Å². The minimum absolute atomic E-state index is 0.00881. The first-order valence-corrected chi connectivity index (χ1v) is 8.59. The Balaban J connectivity index is 1.64. The van der Waals surface area contributed by atoms with Crippen LogP contribution in [0, 0.1) is 13.8 Å². The Morgan fingerprint density at radius 3 is 2.44 bits per heavy atom. The molecule has 0 radical (unpaired) electrons. The molecule has 1 saturated heterocycles. The molecule has 0 atom stereocenters. The SMILES string of the molecule is CC(=O)c1c(C)[nH]c(C(=O)N2CCN(Cc3ccccn3)CC2)c1C. The summed E-state index contributed by atoms with van der Waals surface area (Å²) in [4.78, 5) is 36.2. The van der Waals surface area contributed by atoms with Crippen molar-refractivity contribution in [2.45, 2.75) is 27.3 Å². The standard InChI is InChI=1S/C19H24N4O2/c1-13-17(15(3)24)14(2)21-18(13)19(25)23-10-8-22(9-11-23)12-16-6-4-5-7-20-16/h4-7,21H,8-12H2,1-3H3. The summed E-state index contributed by atoms with van der Waals surface area (Å²) in [7, 11) is 0. The molecule has 2 aromatic rings. The number of carbonyl (C=O) groups excluding carboxylic acids is 2. The van der Waals surface area contributed by atoms with E-state index in [9.17, 15) is 9.59 Å². The molecule has 0 aromatic carbocycles. The van der Waals surface area contributed by atoms with Crippen LogP contribution in [-0.4, -0.2) is 57.6 Å². The van der Waals surface area contributed by atoms with Crippen LogP contribution < -0.4 is 0 Å². The van der Waals surface area contributed by atoms with Gasteiger partial charge >= 0.3 is 0 Å². The maximum atomic E-state index is 12.8. The van der Waals surface area contributed by atoms with Gasteiger partial charge in [0, 0.05) is 50.2 Å². The van der Waals surface area contributed by atoms with E-state index < -0.39 is 0 Å². The molecule has 0 unspecified atom stereocenters. The average molecular weight is 340 g/mol. The number of hydrogen-bond acceptors (Lipinski definition) is 4. The minimum atomic E-state index is -0.0226. The molecule has 2 aromatic heterocycles. The van der Waals surface area contributed by atoms with Gasteiger partial charge in [0.15, 0.2) is 5.78 Å². The molecule has 1 fully saturated rings. The molecule has 1 aliphatic rings. The van der Waals surface area contributed by atoms with Crippen molar-refractivity contribution in [1.82, 2.24) is 19.8 Å². The first-order valence-electron chi connectivity index (χ1n) is 8.59. The van der Waals surface area contributed by atoms with E-state index in [-0.39, 0.29) is 11.7 Å².